The number of benzene rings is 1. The standard InChI is InChI=1S/C20H29NO3/c1-20(2,3)18-16(10-6-5-7-14-23-4)11-8-12-17(18)13-9-15-24-19(21)22/h8,11-12H,5,7,9,13-15H2,1-4H3,(H2,21,22). The number of rotatable bonds is 7. The Labute approximate surface area is 145 Å². The molecule has 2 N–H and O–H groups in total. The molecule has 0 aliphatic carbocycles. The van der Waals surface area contributed by atoms with Crippen LogP contribution in [0, 0.1) is 11.8 Å². The quantitative estimate of drug-likeness (QED) is 0.611. The van der Waals surface area contributed by atoms with E-state index in [2.05, 4.69) is 44.7 Å². The minimum absolute atomic E-state index is 0.00230. The molecule has 1 amide bonds. The second-order valence-corrected chi connectivity index (χ2v) is 6.76. The molecule has 0 saturated heterocycles. The van der Waals surface area contributed by atoms with E-state index in [4.69, 9.17) is 15.2 Å². The molecule has 0 aromatic heterocycles. The van der Waals surface area contributed by atoms with E-state index in [-0.39, 0.29) is 5.41 Å². The zero-order valence-corrected chi connectivity index (χ0v) is 15.3. The average Bonchev–Trinajstić information content (AvgIpc) is 2.50. The van der Waals surface area contributed by atoms with E-state index in [1.165, 1.54) is 11.1 Å². The number of hydrogen-bond donors (Lipinski definition) is 1. The van der Waals surface area contributed by atoms with Gasteiger partial charge in [0.2, 0.25) is 0 Å². The van der Waals surface area contributed by atoms with Crippen LogP contribution in [-0.2, 0) is 21.3 Å². The Hall–Kier alpha value is -1.99. The molecule has 4 nitrogen and oxygen atoms in total. The third-order valence-electron chi connectivity index (χ3n) is 3.61. The molecule has 0 saturated carbocycles. The van der Waals surface area contributed by atoms with Crippen LogP contribution in [0.1, 0.15) is 56.7 Å². The van der Waals surface area contributed by atoms with Crippen molar-refractivity contribution < 1.29 is 14.3 Å². The lowest BCUT2D eigenvalue weighted by molar-refractivity contribution is 0.155. The van der Waals surface area contributed by atoms with E-state index >= 15 is 0 Å². The van der Waals surface area contributed by atoms with Crippen LogP contribution in [0.15, 0.2) is 18.2 Å². The van der Waals surface area contributed by atoms with Gasteiger partial charge >= 0.3 is 6.09 Å². The van der Waals surface area contributed by atoms with Gasteiger partial charge in [-0.05, 0) is 41.9 Å². The van der Waals surface area contributed by atoms with Gasteiger partial charge in [0.15, 0.2) is 0 Å². The highest BCUT2D eigenvalue weighted by Crippen LogP contribution is 2.30. The van der Waals surface area contributed by atoms with Gasteiger partial charge < -0.3 is 15.2 Å². The Morgan fingerprint density at radius 3 is 2.58 bits per heavy atom. The zero-order chi connectivity index (χ0) is 18.0. The van der Waals surface area contributed by atoms with Crippen LogP contribution in [0.3, 0.4) is 0 Å². The molecule has 0 spiro atoms. The molecule has 0 radical (unpaired) electrons. The second-order valence-electron chi connectivity index (χ2n) is 6.76. The van der Waals surface area contributed by atoms with Gasteiger partial charge in [0.05, 0.1) is 6.61 Å². The number of aryl methyl sites for hydroxylation is 1. The normalized spacial score (nSPS) is 10.8. The molecule has 1 aromatic carbocycles. The number of nitrogens with two attached hydrogens (primary N) is 1. The summed E-state index contributed by atoms with van der Waals surface area (Å²) in [6.07, 6.45) is 2.63. The second kappa shape index (κ2) is 10.00. The Balaban J connectivity index is 2.91. The molecule has 0 atom stereocenters. The van der Waals surface area contributed by atoms with Crippen molar-refractivity contribution in [1.82, 2.24) is 0 Å². The third-order valence-corrected chi connectivity index (χ3v) is 3.61. The Kier molecular flexibility index (Phi) is 8.35. The summed E-state index contributed by atoms with van der Waals surface area (Å²) in [5.74, 6) is 6.56. The molecule has 24 heavy (non-hydrogen) atoms. The smallest absolute Gasteiger partial charge is 0.404 e. The van der Waals surface area contributed by atoms with E-state index < -0.39 is 6.09 Å². The van der Waals surface area contributed by atoms with Crippen LogP contribution in [0.25, 0.3) is 0 Å². The highest BCUT2D eigenvalue weighted by molar-refractivity contribution is 5.64. The topological polar surface area (TPSA) is 61.6 Å². The predicted molar refractivity (Wildman–Crippen MR) is 97.0 cm³/mol. The molecular weight excluding hydrogens is 302 g/mol. The number of methoxy groups -OCH3 is 1. The van der Waals surface area contributed by atoms with Gasteiger partial charge in [-0.25, -0.2) is 4.79 Å². The fourth-order valence-electron chi connectivity index (χ4n) is 2.70. The number of hydrogen-bond acceptors (Lipinski definition) is 3. The molecule has 132 valence electrons. The maximum atomic E-state index is 10.7. The molecule has 1 aromatic rings. The summed E-state index contributed by atoms with van der Waals surface area (Å²) in [4.78, 5) is 10.7. The lowest BCUT2D eigenvalue weighted by Gasteiger charge is -2.25. The first kappa shape index (κ1) is 20.1. The summed E-state index contributed by atoms with van der Waals surface area (Å²) >= 11 is 0. The van der Waals surface area contributed by atoms with Crippen molar-refractivity contribution in [2.45, 2.75) is 51.9 Å². The fraction of sp³-hybridized carbons (Fsp3) is 0.550. The first-order valence-electron chi connectivity index (χ1n) is 8.38. The molecule has 0 unspecified atom stereocenters. The number of amides is 1. The Bertz CT molecular complexity index is 591. The number of unbranched alkanes of at least 4 members (excludes halogenated alkanes) is 1. The maximum Gasteiger partial charge on any atom is 0.404 e. The molecule has 0 aliphatic heterocycles. The summed E-state index contributed by atoms with van der Waals surface area (Å²) in [5.41, 5.74) is 8.59. The maximum absolute atomic E-state index is 10.7. The van der Waals surface area contributed by atoms with Crippen molar-refractivity contribution in [2.75, 3.05) is 20.3 Å². The Morgan fingerprint density at radius 1 is 1.21 bits per heavy atom. The summed E-state index contributed by atoms with van der Waals surface area (Å²) < 4.78 is 9.87. The van der Waals surface area contributed by atoms with Crippen molar-refractivity contribution >= 4 is 6.09 Å². The van der Waals surface area contributed by atoms with Crippen molar-refractivity contribution in [2.24, 2.45) is 5.73 Å². The van der Waals surface area contributed by atoms with Crippen molar-refractivity contribution in [3.8, 4) is 11.8 Å². The summed E-state index contributed by atoms with van der Waals surface area (Å²) in [5, 5.41) is 0. The first-order chi connectivity index (χ1) is 11.4. The van der Waals surface area contributed by atoms with Crippen LogP contribution in [0.2, 0.25) is 0 Å². The minimum Gasteiger partial charge on any atom is -0.450 e. The van der Waals surface area contributed by atoms with Crippen molar-refractivity contribution in [3.63, 3.8) is 0 Å². The number of carbonyl (C=O) groups is 1. The monoisotopic (exact) mass is 331 g/mol. The highest BCUT2D eigenvalue weighted by Gasteiger charge is 2.20. The molecule has 4 heteroatoms. The number of ether oxygens (including phenoxy) is 2. The van der Waals surface area contributed by atoms with Gasteiger partial charge in [-0.1, -0.05) is 44.7 Å². The van der Waals surface area contributed by atoms with Gasteiger partial charge in [0.25, 0.3) is 0 Å². The van der Waals surface area contributed by atoms with E-state index in [1.807, 2.05) is 6.07 Å². The zero-order valence-electron chi connectivity index (χ0n) is 15.3. The van der Waals surface area contributed by atoms with Gasteiger partial charge in [0.1, 0.15) is 0 Å². The van der Waals surface area contributed by atoms with Crippen LogP contribution >= 0.6 is 0 Å². The number of primary amides is 1. The predicted octanol–water partition coefficient (Wildman–Crippen LogP) is 3.79. The van der Waals surface area contributed by atoms with E-state index in [0.29, 0.717) is 6.61 Å². The van der Waals surface area contributed by atoms with E-state index in [0.717, 1.165) is 37.9 Å². The van der Waals surface area contributed by atoms with Crippen LogP contribution in [0.4, 0.5) is 4.79 Å². The largest absolute Gasteiger partial charge is 0.450 e. The molecule has 1 rings (SSSR count). The molecular formula is C20H29NO3. The minimum atomic E-state index is -0.721. The van der Waals surface area contributed by atoms with E-state index in [9.17, 15) is 4.79 Å². The average molecular weight is 331 g/mol. The summed E-state index contributed by atoms with van der Waals surface area (Å²) in [6.45, 7) is 7.66. The van der Waals surface area contributed by atoms with Gasteiger partial charge in [-0.3, -0.25) is 0 Å². The Morgan fingerprint density at radius 2 is 1.96 bits per heavy atom. The van der Waals surface area contributed by atoms with Gasteiger partial charge in [-0.15, -0.1) is 0 Å². The SMILES string of the molecule is COCCCC#Cc1cccc(CCCOC(N)=O)c1C(C)(C)C. The van der Waals surface area contributed by atoms with Gasteiger partial charge in [0, 0.05) is 25.7 Å². The van der Waals surface area contributed by atoms with Crippen molar-refractivity contribution in [3.05, 3.63) is 34.9 Å². The van der Waals surface area contributed by atoms with Crippen LogP contribution in [-0.4, -0.2) is 26.4 Å². The lowest BCUT2D eigenvalue weighted by Crippen LogP contribution is -2.18. The van der Waals surface area contributed by atoms with Gasteiger partial charge in [-0.2, -0.15) is 0 Å². The molecule has 0 heterocycles. The van der Waals surface area contributed by atoms with Crippen LogP contribution < -0.4 is 5.73 Å². The first-order valence-corrected chi connectivity index (χ1v) is 8.38. The summed E-state index contributed by atoms with van der Waals surface area (Å²) in [7, 11) is 1.70. The highest BCUT2D eigenvalue weighted by atomic mass is 16.5. The molecule has 0 fully saturated rings. The summed E-state index contributed by atoms with van der Waals surface area (Å²) in [6, 6.07) is 6.24. The van der Waals surface area contributed by atoms with E-state index in [1.54, 1.807) is 7.11 Å². The fourth-order valence-corrected chi connectivity index (χ4v) is 2.70. The lowest BCUT2D eigenvalue weighted by atomic mass is 9.79. The third kappa shape index (κ3) is 7.06. The molecule has 0 bridgehead atoms. The molecule has 0 aliphatic rings. The number of carbonyl (C=O) groups excluding carboxylic acids is 1. The van der Waals surface area contributed by atoms with Crippen molar-refractivity contribution in [1.29, 1.82) is 0 Å². The van der Waals surface area contributed by atoms with Crippen LogP contribution in [0.5, 0.6) is 0 Å².